The van der Waals surface area contributed by atoms with Crippen molar-refractivity contribution in [1.29, 1.82) is 0 Å². The Balaban J connectivity index is 1.84. The van der Waals surface area contributed by atoms with Crippen molar-refractivity contribution in [3.8, 4) is 0 Å². The van der Waals surface area contributed by atoms with Gasteiger partial charge in [0, 0.05) is 0 Å². The third kappa shape index (κ3) is 7.52. The van der Waals surface area contributed by atoms with Crippen LogP contribution < -0.4 is 0 Å². The molecule has 0 aliphatic carbocycles. The molecule has 1 unspecified atom stereocenters. The fourth-order valence-corrected chi connectivity index (χ4v) is 4.10. The Hall–Kier alpha value is -1.30. The predicted molar refractivity (Wildman–Crippen MR) is 118 cm³/mol. The standard InChI is InChI=1S/C26H40/c1-3-5-7-8-9-10-11-13-17-23(16-12-6-4-2)26-21-20-24-18-14-15-19-25(24)22-26/h14-15,18-23H,3-13,16-17H2,1-2H3. The molecule has 0 fully saturated rings. The van der Waals surface area contributed by atoms with Crippen molar-refractivity contribution in [2.24, 2.45) is 0 Å². The molecule has 0 bridgehead atoms. The van der Waals surface area contributed by atoms with Gasteiger partial charge in [0.15, 0.2) is 0 Å². The van der Waals surface area contributed by atoms with E-state index in [1.54, 1.807) is 5.56 Å². The maximum atomic E-state index is 2.46. The molecule has 0 N–H and O–H groups in total. The second-order valence-corrected chi connectivity index (χ2v) is 8.06. The van der Waals surface area contributed by atoms with Gasteiger partial charge in [-0.3, -0.25) is 0 Å². The quantitative estimate of drug-likeness (QED) is 0.297. The largest absolute Gasteiger partial charge is 0.0654 e. The molecule has 0 nitrogen and oxygen atoms in total. The van der Waals surface area contributed by atoms with Crippen molar-refractivity contribution in [2.45, 2.75) is 103 Å². The summed E-state index contributed by atoms with van der Waals surface area (Å²) in [5.41, 5.74) is 1.57. The van der Waals surface area contributed by atoms with Crippen LogP contribution in [0.15, 0.2) is 42.5 Å². The number of hydrogen-bond acceptors (Lipinski definition) is 0. The number of unbranched alkanes of at least 4 members (excludes halogenated alkanes) is 9. The van der Waals surface area contributed by atoms with Gasteiger partial charge in [-0.05, 0) is 35.1 Å². The van der Waals surface area contributed by atoms with Crippen molar-refractivity contribution < 1.29 is 0 Å². The third-order valence-corrected chi connectivity index (χ3v) is 5.81. The van der Waals surface area contributed by atoms with E-state index in [1.807, 2.05) is 0 Å². The van der Waals surface area contributed by atoms with Crippen LogP contribution in [-0.4, -0.2) is 0 Å². The van der Waals surface area contributed by atoms with Gasteiger partial charge in [-0.1, -0.05) is 127 Å². The third-order valence-electron chi connectivity index (χ3n) is 5.81. The van der Waals surface area contributed by atoms with E-state index >= 15 is 0 Å². The smallest absolute Gasteiger partial charge is 0.0162 e. The summed E-state index contributed by atoms with van der Waals surface area (Å²) in [7, 11) is 0. The average Bonchev–Trinajstić information content (AvgIpc) is 2.68. The maximum Gasteiger partial charge on any atom is -0.0162 e. The summed E-state index contributed by atoms with van der Waals surface area (Å²) >= 11 is 0. The van der Waals surface area contributed by atoms with Crippen molar-refractivity contribution in [2.75, 3.05) is 0 Å². The summed E-state index contributed by atoms with van der Waals surface area (Å²) in [6, 6.07) is 16.0. The summed E-state index contributed by atoms with van der Waals surface area (Å²) in [6.45, 7) is 4.61. The molecule has 0 aliphatic heterocycles. The molecule has 0 heterocycles. The predicted octanol–water partition coefficient (Wildman–Crippen LogP) is 9.03. The van der Waals surface area contributed by atoms with E-state index in [2.05, 4.69) is 56.3 Å². The van der Waals surface area contributed by atoms with Gasteiger partial charge in [0.05, 0.1) is 0 Å². The lowest BCUT2D eigenvalue weighted by Crippen LogP contribution is -2.00. The van der Waals surface area contributed by atoms with Gasteiger partial charge in [-0.2, -0.15) is 0 Å². The van der Waals surface area contributed by atoms with Crippen molar-refractivity contribution in [3.63, 3.8) is 0 Å². The molecule has 0 heteroatoms. The first-order valence-electron chi connectivity index (χ1n) is 11.3. The Morgan fingerprint density at radius 3 is 1.81 bits per heavy atom. The highest BCUT2D eigenvalue weighted by Crippen LogP contribution is 2.30. The first kappa shape index (κ1) is 21.0. The van der Waals surface area contributed by atoms with Gasteiger partial charge < -0.3 is 0 Å². The molecule has 2 aromatic rings. The van der Waals surface area contributed by atoms with Gasteiger partial charge in [-0.25, -0.2) is 0 Å². The minimum Gasteiger partial charge on any atom is -0.0654 e. The molecule has 2 aromatic carbocycles. The molecule has 0 amide bonds. The fraction of sp³-hybridized carbons (Fsp3) is 0.615. The number of rotatable bonds is 14. The molecule has 0 spiro atoms. The normalized spacial score (nSPS) is 12.5. The monoisotopic (exact) mass is 352 g/mol. The first-order valence-corrected chi connectivity index (χ1v) is 11.3. The molecular formula is C26H40. The lowest BCUT2D eigenvalue weighted by Gasteiger charge is -2.18. The lowest BCUT2D eigenvalue weighted by atomic mass is 9.87. The Morgan fingerprint density at radius 1 is 0.577 bits per heavy atom. The zero-order chi connectivity index (χ0) is 18.5. The second-order valence-electron chi connectivity index (χ2n) is 8.06. The van der Waals surface area contributed by atoms with E-state index < -0.39 is 0 Å². The molecule has 1 atom stereocenters. The van der Waals surface area contributed by atoms with Crippen LogP contribution in [0.3, 0.4) is 0 Å². The summed E-state index contributed by atoms with van der Waals surface area (Å²) in [6.07, 6.45) is 18.2. The molecule has 144 valence electrons. The SMILES string of the molecule is CCCCCCCCCCC(CCCCC)c1ccc2ccccc2c1. The molecule has 2 rings (SSSR count). The highest BCUT2D eigenvalue weighted by Gasteiger charge is 2.12. The van der Waals surface area contributed by atoms with Crippen molar-refractivity contribution in [1.82, 2.24) is 0 Å². The molecule has 0 radical (unpaired) electrons. The number of fused-ring (bicyclic) bond motifs is 1. The Bertz CT molecular complexity index is 598. The van der Waals surface area contributed by atoms with Crippen LogP contribution in [-0.2, 0) is 0 Å². The summed E-state index contributed by atoms with van der Waals surface area (Å²) in [4.78, 5) is 0. The zero-order valence-electron chi connectivity index (χ0n) is 17.3. The topological polar surface area (TPSA) is 0 Å². The lowest BCUT2D eigenvalue weighted by molar-refractivity contribution is 0.493. The number of benzene rings is 2. The van der Waals surface area contributed by atoms with E-state index in [1.165, 1.54) is 94.2 Å². The van der Waals surface area contributed by atoms with Crippen LogP contribution in [0.1, 0.15) is 109 Å². The van der Waals surface area contributed by atoms with Gasteiger partial charge in [0.2, 0.25) is 0 Å². The van der Waals surface area contributed by atoms with E-state index in [-0.39, 0.29) is 0 Å². The minimum absolute atomic E-state index is 0.756. The second kappa shape index (κ2) is 13.0. The Labute approximate surface area is 162 Å². The molecular weight excluding hydrogens is 312 g/mol. The first-order chi connectivity index (χ1) is 12.8. The van der Waals surface area contributed by atoms with Crippen LogP contribution in [0.4, 0.5) is 0 Å². The van der Waals surface area contributed by atoms with Crippen LogP contribution in [0.5, 0.6) is 0 Å². The Kier molecular flexibility index (Phi) is 10.5. The maximum absolute atomic E-state index is 2.46. The number of hydrogen-bond donors (Lipinski definition) is 0. The van der Waals surface area contributed by atoms with E-state index in [9.17, 15) is 0 Å². The highest BCUT2D eigenvalue weighted by atomic mass is 14.2. The van der Waals surface area contributed by atoms with E-state index in [0.717, 1.165) is 5.92 Å². The van der Waals surface area contributed by atoms with E-state index in [0.29, 0.717) is 0 Å². The van der Waals surface area contributed by atoms with Crippen LogP contribution >= 0.6 is 0 Å². The van der Waals surface area contributed by atoms with Gasteiger partial charge in [0.1, 0.15) is 0 Å². The van der Waals surface area contributed by atoms with Crippen LogP contribution in [0.2, 0.25) is 0 Å². The minimum atomic E-state index is 0.756. The van der Waals surface area contributed by atoms with Crippen LogP contribution in [0, 0.1) is 0 Å². The zero-order valence-corrected chi connectivity index (χ0v) is 17.3. The molecule has 26 heavy (non-hydrogen) atoms. The van der Waals surface area contributed by atoms with Gasteiger partial charge >= 0.3 is 0 Å². The summed E-state index contributed by atoms with van der Waals surface area (Å²) in [5.74, 6) is 0.756. The molecule has 0 aromatic heterocycles. The van der Waals surface area contributed by atoms with Crippen molar-refractivity contribution >= 4 is 10.8 Å². The van der Waals surface area contributed by atoms with Crippen LogP contribution in [0.25, 0.3) is 10.8 Å². The summed E-state index contributed by atoms with van der Waals surface area (Å²) in [5, 5.41) is 2.78. The average molecular weight is 353 g/mol. The fourth-order valence-electron chi connectivity index (χ4n) is 4.10. The highest BCUT2D eigenvalue weighted by molar-refractivity contribution is 5.83. The van der Waals surface area contributed by atoms with Gasteiger partial charge in [-0.15, -0.1) is 0 Å². The van der Waals surface area contributed by atoms with Gasteiger partial charge in [0.25, 0.3) is 0 Å². The Morgan fingerprint density at radius 2 is 1.12 bits per heavy atom. The molecule has 0 saturated carbocycles. The van der Waals surface area contributed by atoms with Crippen molar-refractivity contribution in [3.05, 3.63) is 48.0 Å². The molecule has 0 aliphatic rings. The van der Waals surface area contributed by atoms with E-state index in [4.69, 9.17) is 0 Å². The molecule has 0 saturated heterocycles. The summed E-state index contributed by atoms with van der Waals surface area (Å²) < 4.78 is 0.